The molecule has 3 unspecified atom stereocenters. The number of aliphatic imine (C=N–C) groups is 1. The molecule has 2 N–H and O–H groups in total. The Kier molecular flexibility index (Phi) is 4.12. The van der Waals surface area contributed by atoms with Crippen molar-refractivity contribution in [3.05, 3.63) is 35.4 Å². The maximum atomic E-state index is 12.7. The topological polar surface area (TPSA) is 47.6 Å². The Balaban J connectivity index is 1.68. The number of hydrogen-bond donors (Lipinski definition) is 1. The maximum Gasteiger partial charge on any atom is 0.416 e. The van der Waals surface area contributed by atoms with Crippen LogP contribution in [0.2, 0.25) is 0 Å². The Morgan fingerprint density at radius 3 is 2.82 bits per heavy atom. The molecular weight excluding hydrogens is 293 g/mol. The molecule has 6 heteroatoms. The molecule has 0 amide bonds. The molecule has 0 bridgehead atoms. The van der Waals surface area contributed by atoms with Gasteiger partial charge in [-0.3, -0.25) is 0 Å². The molecule has 0 saturated heterocycles. The Labute approximate surface area is 127 Å². The van der Waals surface area contributed by atoms with Crippen molar-refractivity contribution in [2.45, 2.75) is 44.0 Å². The molecule has 0 radical (unpaired) electrons. The summed E-state index contributed by atoms with van der Waals surface area (Å²) in [7, 11) is 0. The minimum atomic E-state index is -4.32. The summed E-state index contributed by atoms with van der Waals surface area (Å²) in [6, 6.07) is 5.48. The van der Waals surface area contributed by atoms with Crippen LogP contribution < -0.4 is 5.73 Å². The SMILES string of the molecule is NCC1CCC2N=C(Cc3cccc(C(F)(F)F)c3)OC2C1. The summed E-state index contributed by atoms with van der Waals surface area (Å²) >= 11 is 0. The average Bonchev–Trinajstić information content (AvgIpc) is 2.87. The molecule has 0 spiro atoms. The van der Waals surface area contributed by atoms with Crippen molar-refractivity contribution in [3.8, 4) is 0 Å². The van der Waals surface area contributed by atoms with Crippen LogP contribution in [0.25, 0.3) is 0 Å². The molecule has 1 fully saturated rings. The van der Waals surface area contributed by atoms with Gasteiger partial charge in [-0.1, -0.05) is 18.2 Å². The van der Waals surface area contributed by atoms with Crippen LogP contribution in [-0.2, 0) is 17.3 Å². The van der Waals surface area contributed by atoms with Gasteiger partial charge in [-0.15, -0.1) is 0 Å². The van der Waals surface area contributed by atoms with E-state index in [2.05, 4.69) is 4.99 Å². The van der Waals surface area contributed by atoms with Gasteiger partial charge in [0.15, 0.2) is 5.90 Å². The highest BCUT2D eigenvalue weighted by molar-refractivity contribution is 5.80. The second-order valence-electron chi connectivity index (χ2n) is 6.04. The predicted molar refractivity (Wildman–Crippen MR) is 77.6 cm³/mol. The van der Waals surface area contributed by atoms with Crippen LogP contribution in [0.4, 0.5) is 13.2 Å². The van der Waals surface area contributed by atoms with Crippen LogP contribution in [0.5, 0.6) is 0 Å². The predicted octanol–water partition coefficient (Wildman–Crippen LogP) is 3.17. The van der Waals surface area contributed by atoms with E-state index in [4.69, 9.17) is 10.5 Å². The number of nitrogens with zero attached hydrogens (tertiary/aromatic N) is 1. The van der Waals surface area contributed by atoms with Gasteiger partial charge in [-0.2, -0.15) is 13.2 Å². The van der Waals surface area contributed by atoms with E-state index in [1.54, 1.807) is 6.07 Å². The quantitative estimate of drug-likeness (QED) is 0.932. The smallest absolute Gasteiger partial charge is 0.416 e. The highest BCUT2D eigenvalue weighted by atomic mass is 19.4. The van der Waals surface area contributed by atoms with Crippen molar-refractivity contribution in [3.63, 3.8) is 0 Å². The minimum absolute atomic E-state index is 0.0445. The van der Waals surface area contributed by atoms with E-state index in [1.807, 2.05) is 0 Å². The summed E-state index contributed by atoms with van der Waals surface area (Å²) in [5.74, 6) is 1.01. The number of nitrogens with two attached hydrogens (primary N) is 1. The lowest BCUT2D eigenvalue weighted by Crippen LogP contribution is -2.34. The van der Waals surface area contributed by atoms with Gasteiger partial charge in [0, 0.05) is 6.42 Å². The molecule has 1 saturated carbocycles. The highest BCUT2D eigenvalue weighted by Gasteiger charge is 2.36. The van der Waals surface area contributed by atoms with Gasteiger partial charge in [-0.25, -0.2) is 4.99 Å². The van der Waals surface area contributed by atoms with Crippen LogP contribution in [0.1, 0.15) is 30.4 Å². The van der Waals surface area contributed by atoms with Crippen LogP contribution in [-0.4, -0.2) is 24.6 Å². The standard InChI is InChI=1S/C16H19F3N2O/c17-16(18,19)12-3-1-2-10(6-12)8-15-21-13-5-4-11(9-20)7-14(13)22-15/h1-3,6,11,13-14H,4-5,7-9,20H2. The largest absolute Gasteiger partial charge is 0.475 e. The summed E-state index contributed by atoms with van der Waals surface area (Å²) in [5, 5.41) is 0. The molecule has 3 rings (SSSR count). The van der Waals surface area contributed by atoms with Crippen molar-refractivity contribution in [1.29, 1.82) is 0 Å². The van der Waals surface area contributed by atoms with E-state index >= 15 is 0 Å². The lowest BCUT2D eigenvalue weighted by atomic mass is 9.84. The Morgan fingerprint density at radius 2 is 2.09 bits per heavy atom. The third-order valence-electron chi connectivity index (χ3n) is 4.41. The second kappa shape index (κ2) is 5.91. The van der Waals surface area contributed by atoms with Crippen molar-refractivity contribution in [2.24, 2.45) is 16.6 Å². The van der Waals surface area contributed by atoms with Crippen molar-refractivity contribution in [2.75, 3.05) is 6.54 Å². The van der Waals surface area contributed by atoms with Crippen LogP contribution in [0.3, 0.4) is 0 Å². The van der Waals surface area contributed by atoms with Crippen molar-refractivity contribution < 1.29 is 17.9 Å². The first-order valence-corrected chi connectivity index (χ1v) is 7.55. The van der Waals surface area contributed by atoms with Crippen molar-refractivity contribution in [1.82, 2.24) is 0 Å². The summed E-state index contributed by atoms with van der Waals surface area (Å²) in [6.07, 6.45) is -1.10. The lowest BCUT2D eigenvalue weighted by molar-refractivity contribution is -0.137. The van der Waals surface area contributed by atoms with Crippen LogP contribution >= 0.6 is 0 Å². The van der Waals surface area contributed by atoms with E-state index in [1.165, 1.54) is 6.07 Å². The Hall–Kier alpha value is -1.56. The lowest BCUT2D eigenvalue weighted by Gasteiger charge is -2.28. The van der Waals surface area contributed by atoms with Crippen LogP contribution in [0, 0.1) is 5.92 Å². The third-order valence-corrected chi connectivity index (χ3v) is 4.41. The molecule has 2 aliphatic rings. The van der Waals surface area contributed by atoms with Gasteiger partial charge in [0.25, 0.3) is 0 Å². The molecular formula is C16H19F3N2O. The molecule has 3 nitrogen and oxygen atoms in total. The van der Waals surface area contributed by atoms with Crippen molar-refractivity contribution >= 4 is 5.90 Å². The molecule has 120 valence electrons. The highest BCUT2D eigenvalue weighted by Crippen LogP contribution is 2.33. The summed E-state index contributed by atoms with van der Waals surface area (Å²) in [6.45, 7) is 0.648. The molecule has 1 aromatic rings. The van der Waals surface area contributed by atoms with Gasteiger partial charge in [0.1, 0.15) is 6.10 Å². The normalized spacial score (nSPS) is 28.0. The van der Waals surface area contributed by atoms with E-state index in [-0.39, 0.29) is 12.1 Å². The van der Waals surface area contributed by atoms with E-state index in [0.717, 1.165) is 31.4 Å². The third kappa shape index (κ3) is 3.27. The zero-order valence-electron chi connectivity index (χ0n) is 12.1. The zero-order chi connectivity index (χ0) is 15.7. The number of benzene rings is 1. The molecule has 1 heterocycles. The fraction of sp³-hybridized carbons (Fsp3) is 0.562. The average molecular weight is 312 g/mol. The number of halogens is 3. The Bertz CT molecular complexity index is 571. The summed E-state index contributed by atoms with van der Waals surface area (Å²) in [5.41, 5.74) is 5.64. The second-order valence-corrected chi connectivity index (χ2v) is 6.04. The van der Waals surface area contributed by atoms with E-state index < -0.39 is 11.7 Å². The summed E-state index contributed by atoms with van der Waals surface area (Å²) in [4.78, 5) is 4.54. The molecule has 1 aliphatic carbocycles. The number of ether oxygens (including phenoxy) is 1. The number of alkyl halides is 3. The number of fused-ring (bicyclic) bond motifs is 1. The number of hydrogen-bond acceptors (Lipinski definition) is 3. The van der Waals surface area contributed by atoms with Gasteiger partial charge in [0.05, 0.1) is 11.6 Å². The maximum absolute atomic E-state index is 12.7. The van der Waals surface area contributed by atoms with Gasteiger partial charge >= 0.3 is 6.18 Å². The first kappa shape index (κ1) is 15.3. The van der Waals surface area contributed by atoms with Gasteiger partial charge < -0.3 is 10.5 Å². The first-order chi connectivity index (χ1) is 10.5. The molecule has 3 atom stereocenters. The zero-order valence-corrected chi connectivity index (χ0v) is 12.1. The number of rotatable bonds is 3. The minimum Gasteiger partial charge on any atom is -0.475 e. The van der Waals surface area contributed by atoms with Gasteiger partial charge in [-0.05, 0) is 43.4 Å². The molecule has 22 heavy (non-hydrogen) atoms. The molecule has 0 aromatic heterocycles. The monoisotopic (exact) mass is 312 g/mol. The molecule has 1 aromatic carbocycles. The molecule has 1 aliphatic heterocycles. The Morgan fingerprint density at radius 1 is 1.27 bits per heavy atom. The first-order valence-electron chi connectivity index (χ1n) is 7.55. The van der Waals surface area contributed by atoms with Crippen LogP contribution in [0.15, 0.2) is 29.3 Å². The fourth-order valence-corrected chi connectivity index (χ4v) is 3.19. The van der Waals surface area contributed by atoms with E-state index in [0.29, 0.717) is 30.3 Å². The summed E-state index contributed by atoms with van der Waals surface area (Å²) < 4.78 is 44.0. The van der Waals surface area contributed by atoms with Gasteiger partial charge in [0.2, 0.25) is 0 Å². The fourth-order valence-electron chi connectivity index (χ4n) is 3.19. The van der Waals surface area contributed by atoms with E-state index in [9.17, 15) is 13.2 Å².